The lowest BCUT2D eigenvalue weighted by molar-refractivity contribution is 0.240. The van der Waals surface area contributed by atoms with Crippen LogP contribution >= 0.6 is 11.8 Å². The van der Waals surface area contributed by atoms with Crippen molar-refractivity contribution in [1.29, 1.82) is 0 Å². The fourth-order valence-corrected chi connectivity index (χ4v) is 4.61. The van der Waals surface area contributed by atoms with Crippen molar-refractivity contribution in [3.8, 4) is 0 Å². The maximum Gasteiger partial charge on any atom is 0.0161 e. The molecular formula is C15H29NS. The van der Waals surface area contributed by atoms with E-state index in [-0.39, 0.29) is 0 Å². The van der Waals surface area contributed by atoms with E-state index in [0.717, 1.165) is 23.9 Å². The van der Waals surface area contributed by atoms with Crippen molar-refractivity contribution in [3.63, 3.8) is 0 Å². The van der Waals surface area contributed by atoms with Gasteiger partial charge in [-0.25, -0.2) is 0 Å². The maximum atomic E-state index is 3.94. The average molecular weight is 255 g/mol. The van der Waals surface area contributed by atoms with Gasteiger partial charge in [0.05, 0.1) is 0 Å². The van der Waals surface area contributed by atoms with Crippen LogP contribution in [0.15, 0.2) is 0 Å². The van der Waals surface area contributed by atoms with Crippen LogP contribution in [0.5, 0.6) is 0 Å². The summed E-state index contributed by atoms with van der Waals surface area (Å²) in [6, 6.07) is 1.65. The molecule has 1 heterocycles. The molecule has 2 rings (SSSR count). The molecule has 0 bridgehead atoms. The first kappa shape index (κ1) is 13.7. The number of rotatable bonds is 4. The lowest BCUT2D eigenvalue weighted by Gasteiger charge is -2.34. The third-order valence-corrected chi connectivity index (χ3v) is 5.43. The van der Waals surface area contributed by atoms with Gasteiger partial charge < -0.3 is 5.32 Å². The van der Waals surface area contributed by atoms with Crippen molar-refractivity contribution in [2.45, 2.75) is 70.9 Å². The predicted molar refractivity (Wildman–Crippen MR) is 78.7 cm³/mol. The molecule has 0 spiro atoms. The zero-order chi connectivity index (χ0) is 12.1. The second kappa shape index (κ2) is 7.04. The van der Waals surface area contributed by atoms with Gasteiger partial charge in [0, 0.05) is 17.8 Å². The van der Waals surface area contributed by atoms with Gasteiger partial charge in [-0.2, -0.15) is 11.8 Å². The van der Waals surface area contributed by atoms with Gasteiger partial charge >= 0.3 is 0 Å². The quantitative estimate of drug-likeness (QED) is 0.812. The Morgan fingerprint density at radius 1 is 1.12 bits per heavy atom. The minimum Gasteiger partial charge on any atom is -0.310 e. The normalized spacial score (nSPS) is 35.1. The largest absolute Gasteiger partial charge is 0.310 e. The summed E-state index contributed by atoms with van der Waals surface area (Å²) in [5.41, 5.74) is 0. The molecule has 0 aromatic rings. The second-order valence-corrected chi connectivity index (χ2v) is 7.59. The Bertz CT molecular complexity index is 211. The summed E-state index contributed by atoms with van der Waals surface area (Å²) < 4.78 is 0. The Hall–Kier alpha value is 0.310. The molecule has 3 atom stereocenters. The molecule has 1 aliphatic carbocycles. The molecule has 0 amide bonds. The molecule has 2 heteroatoms. The number of hydrogen-bond donors (Lipinski definition) is 1. The van der Waals surface area contributed by atoms with Gasteiger partial charge in [0.1, 0.15) is 0 Å². The molecule has 17 heavy (non-hydrogen) atoms. The van der Waals surface area contributed by atoms with E-state index in [1.807, 2.05) is 0 Å². The van der Waals surface area contributed by atoms with Gasteiger partial charge in [0.25, 0.3) is 0 Å². The Balaban J connectivity index is 1.72. The third-order valence-electron chi connectivity index (χ3n) is 4.22. The van der Waals surface area contributed by atoms with Gasteiger partial charge in [-0.1, -0.05) is 26.7 Å². The molecule has 100 valence electrons. The molecule has 1 nitrogen and oxygen atoms in total. The van der Waals surface area contributed by atoms with Gasteiger partial charge in [0.15, 0.2) is 0 Å². The minimum absolute atomic E-state index is 0.816. The zero-order valence-electron chi connectivity index (χ0n) is 11.6. The Kier molecular flexibility index (Phi) is 5.68. The Labute approximate surface area is 112 Å². The molecule has 2 fully saturated rings. The highest BCUT2D eigenvalue weighted by atomic mass is 32.2. The standard InChI is InChI=1S/C15H29NS/c1-12(2)9-13-5-3-6-14(10-13)16-15-7-4-8-17-11-15/h12-16H,3-11H2,1-2H3. The molecule has 0 radical (unpaired) electrons. The van der Waals surface area contributed by atoms with Crippen molar-refractivity contribution in [2.75, 3.05) is 11.5 Å². The highest BCUT2D eigenvalue weighted by molar-refractivity contribution is 7.99. The van der Waals surface area contributed by atoms with E-state index in [0.29, 0.717) is 0 Å². The number of hydrogen-bond acceptors (Lipinski definition) is 2. The lowest BCUT2D eigenvalue weighted by Crippen LogP contribution is -2.43. The molecule has 1 saturated heterocycles. The maximum absolute atomic E-state index is 3.94. The monoisotopic (exact) mass is 255 g/mol. The van der Waals surface area contributed by atoms with Gasteiger partial charge in [-0.15, -0.1) is 0 Å². The first-order valence-electron chi connectivity index (χ1n) is 7.58. The van der Waals surface area contributed by atoms with Crippen molar-refractivity contribution in [3.05, 3.63) is 0 Å². The van der Waals surface area contributed by atoms with E-state index in [1.165, 1.54) is 56.5 Å². The molecule has 0 aromatic carbocycles. The highest BCUT2D eigenvalue weighted by Gasteiger charge is 2.25. The van der Waals surface area contributed by atoms with Crippen LogP contribution in [0.3, 0.4) is 0 Å². The van der Waals surface area contributed by atoms with Crippen molar-refractivity contribution < 1.29 is 0 Å². The van der Waals surface area contributed by atoms with Crippen LogP contribution in [0.1, 0.15) is 58.8 Å². The average Bonchev–Trinajstić information content (AvgIpc) is 2.30. The summed E-state index contributed by atoms with van der Waals surface area (Å²) in [7, 11) is 0. The van der Waals surface area contributed by atoms with E-state index < -0.39 is 0 Å². The van der Waals surface area contributed by atoms with Crippen LogP contribution in [0.2, 0.25) is 0 Å². The topological polar surface area (TPSA) is 12.0 Å². The lowest BCUT2D eigenvalue weighted by atomic mass is 9.81. The molecule has 2 aliphatic rings. The molecular weight excluding hydrogens is 226 g/mol. The molecule has 3 unspecified atom stereocenters. The van der Waals surface area contributed by atoms with Crippen LogP contribution in [0, 0.1) is 11.8 Å². The van der Waals surface area contributed by atoms with Gasteiger partial charge in [-0.05, 0) is 49.7 Å². The predicted octanol–water partition coefficient (Wildman–Crippen LogP) is 4.08. The Morgan fingerprint density at radius 3 is 2.65 bits per heavy atom. The van der Waals surface area contributed by atoms with Crippen molar-refractivity contribution in [2.24, 2.45) is 11.8 Å². The minimum atomic E-state index is 0.816. The van der Waals surface area contributed by atoms with E-state index in [2.05, 4.69) is 30.9 Å². The first-order valence-corrected chi connectivity index (χ1v) is 8.73. The van der Waals surface area contributed by atoms with Gasteiger partial charge in [-0.3, -0.25) is 0 Å². The van der Waals surface area contributed by atoms with Crippen LogP contribution in [-0.2, 0) is 0 Å². The summed E-state index contributed by atoms with van der Waals surface area (Å²) in [6.45, 7) is 4.74. The smallest absolute Gasteiger partial charge is 0.0161 e. The SMILES string of the molecule is CC(C)CC1CCCC(NC2CCCSC2)C1. The van der Waals surface area contributed by atoms with Crippen LogP contribution in [0.25, 0.3) is 0 Å². The number of nitrogens with one attached hydrogen (secondary N) is 1. The molecule has 1 saturated carbocycles. The summed E-state index contributed by atoms with van der Waals surface area (Å²) in [5, 5.41) is 3.94. The first-order chi connectivity index (χ1) is 8.24. The summed E-state index contributed by atoms with van der Waals surface area (Å²) in [5.74, 6) is 4.62. The highest BCUT2D eigenvalue weighted by Crippen LogP contribution is 2.30. The van der Waals surface area contributed by atoms with E-state index >= 15 is 0 Å². The van der Waals surface area contributed by atoms with E-state index in [9.17, 15) is 0 Å². The second-order valence-electron chi connectivity index (χ2n) is 6.44. The summed E-state index contributed by atoms with van der Waals surface area (Å²) in [6.07, 6.45) is 10.1. The molecule has 1 aliphatic heterocycles. The van der Waals surface area contributed by atoms with Crippen LogP contribution < -0.4 is 5.32 Å². The fraction of sp³-hybridized carbons (Fsp3) is 1.00. The van der Waals surface area contributed by atoms with Crippen LogP contribution in [0.4, 0.5) is 0 Å². The zero-order valence-corrected chi connectivity index (χ0v) is 12.4. The van der Waals surface area contributed by atoms with Crippen LogP contribution in [-0.4, -0.2) is 23.6 Å². The van der Waals surface area contributed by atoms with Crippen molar-refractivity contribution in [1.82, 2.24) is 5.32 Å². The van der Waals surface area contributed by atoms with Gasteiger partial charge in [0.2, 0.25) is 0 Å². The molecule has 0 aromatic heterocycles. The summed E-state index contributed by atoms with van der Waals surface area (Å²) >= 11 is 2.14. The summed E-state index contributed by atoms with van der Waals surface area (Å²) in [4.78, 5) is 0. The third kappa shape index (κ3) is 4.82. The van der Waals surface area contributed by atoms with Crippen molar-refractivity contribution >= 4 is 11.8 Å². The molecule has 1 N–H and O–H groups in total. The Morgan fingerprint density at radius 2 is 1.94 bits per heavy atom. The fourth-order valence-electron chi connectivity index (χ4n) is 3.53. The number of thioether (sulfide) groups is 1. The van der Waals surface area contributed by atoms with E-state index in [1.54, 1.807) is 0 Å². The van der Waals surface area contributed by atoms with E-state index in [4.69, 9.17) is 0 Å².